The summed E-state index contributed by atoms with van der Waals surface area (Å²) < 4.78 is 12.2. The second kappa shape index (κ2) is 5.24. The fraction of sp³-hybridized carbons (Fsp3) is 0.286. The number of aromatic carboxylic acids is 1. The van der Waals surface area contributed by atoms with Crippen molar-refractivity contribution in [3.05, 3.63) is 29.6 Å². The number of imidazole rings is 1. The quantitative estimate of drug-likeness (QED) is 0.925. The Morgan fingerprint density at radius 3 is 2.15 bits per heavy atom. The number of carbonyl (C=O) groups is 1. The van der Waals surface area contributed by atoms with Crippen molar-refractivity contribution in [2.45, 2.75) is 6.92 Å². The Labute approximate surface area is 116 Å². The maximum atomic E-state index is 11.1. The molecule has 1 N–H and O–H groups in total. The molecule has 0 atom stereocenters. The van der Waals surface area contributed by atoms with Gasteiger partial charge in [-0.1, -0.05) is 0 Å². The third-order valence-electron chi connectivity index (χ3n) is 3.19. The van der Waals surface area contributed by atoms with E-state index in [9.17, 15) is 4.79 Å². The van der Waals surface area contributed by atoms with Crippen molar-refractivity contribution in [1.29, 1.82) is 0 Å². The maximum absolute atomic E-state index is 11.1. The molecular weight excluding hydrogens is 260 g/mol. The van der Waals surface area contributed by atoms with E-state index in [4.69, 9.17) is 14.6 Å². The summed E-state index contributed by atoms with van der Waals surface area (Å²) in [5.41, 5.74) is 1.37. The summed E-state index contributed by atoms with van der Waals surface area (Å²) in [4.78, 5) is 15.3. The number of rotatable bonds is 4. The molecule has 0 spiro atoms. The second-order valence-corrected chi connectivity index (χ2v) is 4.33. The SMILES string of the molecule is COc1cc(OC)cc(-c2nc(C(=O)O)c(C)n2C)c1. The van der Waals surface area contributed by atoms with Gasteiger partial charge >= 0.3 is 5.97 Å². The molecule has 0 saturated carbocycles. The summed E-state index contributed by atoms with van der Waals surface area (Å²) in [6.07, 6.45) is 0. The maximum Gasteiger partial charge on any atom is 0.356 e. The molecule has 20 heavy (non-hydrogen) atoms. The van der Waals surface area contributed by atoms with Gasteiger partial charge in [-0.2, -0.15) is 0 Å². The van der Waals surface area contributed by atoms with E-state index in [1.807, 2.05) is 0 Å². The van der Waals surface area contributed by atoms with Crippen LogP contribution in [0.15, 0.2) is 18.2 Å². The fourth-order valence-corrected chi connectivity index (χ4v) is 1.98. The first-order chi connectivity index (χ1) is 9.47. The lowest BCUT2D eigenvalue weighted by atomic mass is 10.2. The van der Waals surface area contributed by atoms with Crippen LogP contribution in [-0.2, 0) is 7.05 Å². The normalized spacial score (nSPS) is 10.4. The Hall–Kier alpha value is -2.50. The van der Waals surface area contributed by atoms with Crippen LogP contribution < -0.4 is 9.47 Å². The topological polar surface area (TPSA) is 73.6 Å². The van der Waals surface area contributed by atoms with Gasteiger partial charge in [0.2, 0.25) is 0 Å². The molecule has 6 heteroatoms. The molecule has 0 aliphatic carbocycles. The van der Waals surface area contributed by atoms with Gasteiger partial charge in [-0.3, -0.25) is 0 Å². The predicted octanol–water partition coefficient (Wildman–Crippen LogP) is 2.11. The first kappa shape index (κ1) is 13.9. The monoisotopic (exact) mass is 276 g/mol. The van der Waals surface area contributed by atoms with Crippen molar-refractivity contribution < 1.29 is 19.4 Å². The molecule has 1 aromatic heterocycles. The predicted molar refractivity (Wildman–Crippen MR) is 73.4 cm³/mol. The third kappa shape index (κ3) is 2.32. The Kier molecular flexibility index (Phi) is 3.65. The number of hydrogen-bond donors (Lipinski definition) is 1. The smallest absolute Gasteiger partial charge is 0.356 e. The summed E-state index contributed by atoms with van der Waals surface area (Å²) in [5, 5.41) is 9.13. The van der Waals surface area contributed by atoms with Crippen molar-refractivity contribution in [1.82, 2.24) is 9.55 Å². The zero-order valence-electron chi connectivity index (χ0n) is 11.8. The van der Waals surface area contributed by atoms with Crippen LogP contribution in [0.2, 0.25) is 0 Å². The summed E-state index contributed by atoms with van der Waals surface area (Å²) in [7, 11) is 4.89. The average Bonchev–Trinajstić information content (AvgIpc) is 2.75. The highest BCUT2D eigenvalue weighted by Gasteiger charge is 2.18. The van der Waals surface area contributed by atoms with Gasteiger partial charge in [0.1, 0.15) is 17.3 Å². The molecule has 106 valence electrons. The molecule has 2 aromatic rings. The Bertz CT molecular complexity index is 639. The number of benzene rings is 1. The summed E-state index contributed by atoms with van der Waals surface area (Å²) in [6.45, 7) is 1.72. The van der Waals surface area contributed by atoms with E-state index in [-0.39, 0.29) is 5.69 Å². The minimum Gasteiger partial charge on any atom is -0.497 e. The van der Waals surface area contributed by atoms with Crippen molar-refractivity contribution in [3.63, 3.8) is 0 Å². The van der Waals surface area contributed by atoms with E-state index in [1.54, 1.807) is 51.0 Å². The number of carboxylic acid groups (broad SMARTS) is 1. The van der Waals surface area contributed by atoms with Crippen LogP contribution in [-0.4, -0.2) is 34.8 Å². The van der Waals surface area contributed by atoms with Gasteiger partial charge in [0.15, 0.2) is 5.69 Å². The molecule has 0 unspecified atom stereocenters. The molecule has 1 heterocycles. The van der Waals surface area contributed by atoms with Gasteiger partial charge in [-0.25, -0.2) is 9.78 Å². The lowest BCUT2D eigenvalue weighted by Gasteiger charge is -2.08. The van der Waals surface area contributed by atoms with Gasteiger partial charge in [-0.05, 0) is 19.1 Å². The van der Waals surface area contributed by atoms with Crippen LogP contribution in [0, 0.1) is 6.92 Å². The number of hydrogen-bond acceptors (Lipinski definition) is 4. The Balaban J connectivity index is 2.62. The fourth-order valence-electron chi connectivity index (χ4n) is 1.98. The first-order valence-electron chi connectivity index (χ1n) is 5.98. The molecule has 0 aliphatic rings. The molecule has 0 fully saturated rings. The van der Waals surface area contributed by atoms with Crippen LogP contribution in [0.4, 0.5) is 0 Å². The number of nitrogens with zero attached hydrogens (tertiary/aromatic N) is 2. The van der Waals surface area contributed by atoms with E-state index in [0.717, 1.165) is 5.56 Å². The number of methoxy groups -OCH3 is 2. The van der Waals surface area contributed by atoms with Crippen molar-refractivity contribution >= 4 is 5.97 Å². The summed E-state index contributed by atoms with van der Waals surface area (Å²) >= 11 is 0. The molecule has 2 rings (SSSR count). The first-order valence-corrected chi connectivity index (χ1v) is 5.98. The van der Waals surface area contributed by atoms with Crippen LogP contribution in [0.3, 0.4) is 0 Å². The molecular formula is C14H16N2O4. The van der Waals surface area contributed by atoms with Crippen LogP contribution >= 0.6 is 0 Å². The minimum absolute atomic E-state index is 0.0456. The number of aromatic nitrogens is 2. The van der Waals surface area contributed by atoms with E-state index >= 15 is 0 Å². The molecule has 0 bridgehead atoms. The van der Waals surface area contributed by atoms with Crippen molar-refractivity contribution in [3.8, 4) is 22.9 Å². The van der Waals surface area contributed by atoms with Crippen LogP contribution in [0.1, 0.15) is 16.2 Å². The zero-order chi connectivity index (χ0) is 14.9. The molecule has 0 saturated heterocycles. The average molecular weight is 276 g/mol. The van der Waals surface area contributed by atoms with Crippen molar-refractivity contribution in [2.75, 3.05) is 14.2 Å². The largest absolute Gasteiger partial charge is 0.497 e. The second-order valence-electron chi connectivity index (χ2n) is 4.33. The molecule has 0 aliphatic heterocycles. The highest BCUT2D eigenvalue weighted by Crippen LogP contribution is 2.30. The van der Waals surface area contributed by atoms with Crippen molar-refractivity contribution in [2.24, 2.45) is 7.05 Å². The van der Waals surface area contributed by atoms with Gasteiger partial charge in [-0.15, -0.1) is 0 Å². The number of ether oxygens (including phenoxy) is 2. The standard InChI is InChI=1S/C14H16N2O4/c1-8-12(14(17)18)15-13(16(8)2)9-5-10(19-3)7-11(6-9)20-4/h5-7H,1-4H3,(H,17,18). The van der Waals surface area contributed by atoms with Gasteiger partial charge in [0.25, 0.3) is 0 Å². The van der Waals surface area contributed by atoms with Crippen LogP contribution in [0.5, 0.6) is 11.5 Å². The molecule has 0 radical (unpaired) electrons. The van der Waals surface area contributed by atoms with E-state index in [0.29, 0.717) is 23.0 Å². The minimum atomic E-state index is -1.04. The number of carboxylic acids is 1. The van der Waals surface area contributed by atoms with E-state index < -0.39 is 5.97 Å². The Morgan fingerprint density at radius 1 is 1.20 bits per heavy atom. The highest BCUT2D eigenvalue weighted by molar-refractivity contribution is 5.87. The lowest BCUT2D eigenvalue weighted by molar-refractivity contribution is 0.0690. The van der Waals surface area contributed by atoms with Crippen LogP contribution in [0.25, 0.3) is 11.4 Å². The van der Waals surface area contributed by atoms with Gasteiger partial charge in [0.05, 0.1) is 14.2 Å². The third-order valence-corrected chi connectivity index (χ3v) is 3.19. The highest BCUT2D eigenvalue weighted by atomic mass is 16.5. The molecule has 0 amide bonds. The lowest BCUT2D eigenvalue weighted by Crippen LogP contribution is -2.00. The van der Waals surface area contributed by atoms with Gasteiger partial charge in [0, 0.05) is 24.4 Å². The van der Waals surface area contributed by atoms with Gasteiger partial charge < -0.3 is 19.1 Å². The Morgan fingerprint density at radius 2 is 1.75 bits per heavy atom. The molecule has 1 aromatic carbocycles. The van der Waals surface area contributed by atoms with E-state index in [1.165, 1.54) is 0 Å². The summed E-state index contributed by atoms with van der Waals surface area (Å²) in [5.74, 6) is 0.755. The molecule has 6 nitrogen and oxygen atoms in total. The zero-order valence-corrected chi connectivity index (χ0v) is 11.8. The summed E-state index contributed by atoms with van der Waals surface area (Å²) in [6, 6.07) is 5.32. The van der Waals surface area contributed by atoms with E-state index in [2.05, 4.69) is 4.98 Å².